The SMILES string of the molecule is CN1CCN(CCc2cccc(NC(=O)CCc3nc(-c4ccsc4)no3)c2)CC1. The monoisotopic (exact) mass is 425 g/mol. The molecule has 158 valence electrons. The maximum absolute atomic E-state index is 12.4. The Balaban J connectivity index is 1.24. The first-order chi connectivity index (χ1) is 14.7. The lowest BCUT2D eigenvalue weighted by Gasteiger charge is -2.32. The number of anilines is 1. The molecule has 1 N–H and O–H groups in total. The number of nitrogens with one attached hydrogen (secondary N) is 1. The Bertz CT molecular complexity index is 948. The van der Waals surface area contributed by atoms with E-state index in [0.717, 1.165) is 50.4 Å². The van der Waals surface area contributed by atoms with E-state index >= 15 is 0 Å². The van der Waals surface area contributed by atoms with Crippen LogP contribution < -0.4 is 5.32 Å². The molecule has 1 aliphatic rings. The molecule has 3 heterocycles. The summed E-state index contributed by atoms with van der Waals surface area (Å²) in [6.45, 7) is 5.55. The molecule has 7 nitrogen and oxygen atoms in total. The minimum absolute atomic E-state index is 0.0542. The van der Waals surface area contributed by atoms with Gasteiger partial charge in [0.15, 0.2) is 0 Å². The highest BCUT2D eigenvalue weighted by Crippen LogP contribution is 2.19. The third kappa shape index (κ3) is 5.75. The molecule has 0 spiro atoms. The lowest BCUT2D eigenvalue weighted by molar-refractivity contribution is -0.116. The topological polar surface area (TPSA) is 74.5 Å². The molecule has 1 saturated heterocycles. The van der Waals surface area contributed by atoms with Crippen LogP contribution in [0.2, 0.25) is 0 Å². The molecule has 1 aliphatic heterocycles. The molecule has 1 amide bonds. The van der Waals surface area contributed by atoms with Gasteiger partial charge in [0.25, 0.3) is 0 Å². The van der Waals surface area contributed by atoms with Crippen molar-refractivity contribution in [1.29, 1.82) is 0 Å². The van der Waals surface area contributed by atoms with Crippen LogP contribution in [0, 0.1) is 0 Å². The second kappa shape index (κ2) is 9.97. The summed E-state index contributed by atoms with van der Waals surface area (Å²) >= 11 is 1.59. The van der Waals surface area contributed by atoms with Gasteiger partial charge < -0.3 is 19.6 Å². The third-order valence-electron chi connectivity index (χ3n) is 5.34. The Morgan fingerprint density at radius 1 is 1.20 bits per heavy atom. The van der Waals surface area contributed by atoms with Gasteiger partial charge in [0.1, 0.15) is 0 Å². The number of aromatic nitrogens is 2. The highest BCUT2D eigenvalue weighted by molar-refractivity contribution is 7.08. The predicted molar refractivity (Wildman–Crippen MR) is 119 cm³/mol. The molecule has 2 aromatic heterocycles. The van der Waals surface area contributed by atoms with E-state index < -0.39 is 0 Å². The summed E-state index contributed by atoms with van der Waals surface area (Å²) in [7, 11) is 2.17. The quantitative estimate of drug-likeness (QED) is 0.598. The summed E-state index contributed by atoms with van der Waals surface area (Å²) in [5.74, 6) is 0.994. The normalized spacial score (nSPS) is 15.4. The average Bonchev–Trinajstić information content (AvgIpc) is 3.44. The van der Waals surface area contributed by atoms with E-state index in [1.807, 2.05) is 29.0 Å². The predicted octanol–water partition coefficient (Wildman–Crippen LogP) is 3.16. The van der Waals surface area contributed by atoms with Crippen molar-refractivity contribution >= 4 is 22.9 Å². The van der Waals surface area contributed by atoms with Crippen molar-refractivity contribution in [3.63, 3.8) is 0 Å². The van der Waals surface area contributed by atoms with Crippen molar-refractivity contribution < 1.29 is 9.32 Å². The molecule has 4 rings (SSSR count). The molecule has 0 atom stereocenters. The van der Waals surface area contributed by atoms with Gasteiger partial charge in [-0.15, -0.1) is 0 Å². The summed E-state index contributed by atoms with van der Waals surface area (Å²) in [6.07, 6.45) is 1.71. The number of aryl methyl sites for hydroxylation is 1. The van der Waals surface area contributed by atoms with Gasteiger partial charge in [-0.3, -0.25) is 4.79 Å². The maximum Gasteiger partial charge on any atom is 0.227 e. The standard InChI is InChI=1S/C22H27N5O2S/c1-26-10-12-27(13-11-26)9-7-17-3-2-4-19(15-17)23-20(28)5-6-21-24-22(25-29-21)18-8-14-30-16-18/h2-4,8,14-16H,5-7,9-13H2,1H3,(H,23,28). The highest BCUT2D eigenvalue weighted by Gasteiger charge is 2.14. The van der Waals surface area contributed by atoms with Crippen LogP contribution >= 0.6 is 11.3 Å². The first kappa shape index (κ1) is 20.7. The van der Waals surface area contributed by atoms with E-state index in [4.69, 9.17) is 4.52 Å². The van der Waals surface area contributed by atoms with E-state index in [-0.39, 0.29) is 5.91 Å². The van der Waals surface area contributed by atoms with Gasteiger partial charge in [-0.25, -0.2) is 0 Å². The molecular weight excluding hydrogens is 398 g/mol. The van der Waals surface area contributed by atoms with E-state index in [1.54, 1.807) is 11.3 Å². The summed E-state index contributed by atoms with van der Waals surface area (Å²) < 4.78 is 5.26. The molecule has 0 unspecified atom stereocenters. The molecule has 1 aromatic carbocycles. The Labute approximate surface area is 180 Å². The van der Waals surface area contributed by atoms with E-state index in [0.29, 0.717) is 24.6 Å². The highest BCUT2D eigenvalue weighted by atomic mass is 32.1. The molecule has 0 saturated carbocycles. The lowest BCUT2D eigenvalue weighted by atomic mass is 10.1. The Morgan fingerprint density at radius 3 is 2.87 bits per heavy atom. The number of carbonyl (C=O) groups excluding carboxylic acids is 1. The van der Waals surface area contributed by atoms with Gasteiger partial charge in [0.05, 0.1) is 0 Å². The van der Waals surface area contributed by atoms with Crippen molar-refractivity contribution in [2.24, 2.45) is 0 Å². The van der Waals surface area contributed by atoms with Crippen LogP contribution in [0.4, 0.5) is 5.69 Å². The summed E-state index contributed by atoms with van der Waals surface area (Å²) in [5.41, 5.74) is 3.01. The number of nitrogens with zero attached hydrogens (tertiary/aromatic N) is 4. The van der Waals surface area contributed by atoms with Crippen molar-refractivity contribution in [2.45, 2.75) is 19.3 Å². The van der Waals surface area contributed by atoms with Gasteiger partial charge in [-0.2, -0.15) is 16.3 Å². The van der Waals surface area contributed by atoms with Gasteiger partial charge in [-0.05, 0) is 42.6 Å². The van der Waals surface area contributed by atoms with Crippen LogP contribution in [-0.4, -0.2) is 65.6 Å². The zero-order valence-corrected chi connectivity index (χ0v) is 18.0. The molecule has 1 fully saturated rings. The fraction of sp³-hybridized carbons (Fsp3) is 0.409. The van der Waals surface area contributed by atoms with E-state index in [2.05, 4.69) is 44.4 Å². The van der Waals surface area contributed by atoms with Crippen LogP contribution in [0.5, 0.6) is 0 Å². The number of amides is 1. The van der Waals surface area contributed by atoms with Gasteiger partial charge in [0, 0.05) is 62.2 Å². The number of hydrogen-bond acceptors (Lipinski definition) is 7. The van der Waals surface area contributed by atoms with Crippen LogP contribution in [-0.2, 0) is 17.6 Å². The largest absolute Gasteiger partial charge is 0.339 e. The van der Waals surface area contributed by atoms with Crippen molar-refractivity contribution in [2.75, 3.05) is 45.1 Å². The fourth-order valence-electron chi connectivity index (χ4n) is 3.47. The summed E-state index contributed by atoms with van der Waals surface area (Å²) in [6, 6.07) is 10.1. The smallest absolute Gasteiger partial charge is 0.227 e. The Kier molecular flexibility index (Phi) is 6.88. The number of benzene rings is 1. The van der Waals surface area contributed by atoms with Gasteiger partial charge in [0.2, 0.25) is 17.6 Å². The van der Waals surface area contributed by atoms with Crippen LogP contribution in [0.25, 0.3) is 11.4 Å². The molecule has 0 aliphatic carbocycles. The number of piperazine rings is 1. The van der Waals surface area contributed by atoms with Crippen LogP contribution in [0.1, 0.15) is 17.9 Å². The number of likely N-dealkylation sites (N-methyl/N-ethyl adjacent to an activating group) is 1. The summed E-state index contributed by atoms with van der Waals surface area (Å²) in [4.78, 5) is 21.6. The molecule has 0 bridgehead atoms. The minimum atomic E-state index is -0.0542. The Hall–Kier alpha value is -2.55. The van der Waals surface area contributed by atoms with Gasteiger partial charge >= 0.3 is 0 Å². The second-order valence-corrected chi connectivity index (χ2v) is 8.45. The number of thiophene rings is 1. The average molecular weight is 426 g/mol. The van der Waals surface area contributed by atoms with E-state index in [9.17, 15) is 4.79 Å². The second-order valence-electron chi connectivity index (χ2n) is 7.67. The van der Waals surface area contributed by atoms with Crippen LogP contribution in [0.3, 0.4) is 0 Å². The number of hydrogen-bond donors (Lipinski definition) is 1. The maximum atomic E-state index is 12.4. The molecule has 8 heteroatoms. The first-order valence-electron chi connectivity index (χ1n) is 10.3. The molecule has 3 aromatic rings. The molecular formula is C22H27N5O2S. The Morgan fingerprint density at radius 2 is 2.07 bits per heavy atom. The molecule has 0 radical (unpaired) electrons. The summed E-state index contributed by atoms with van der Waals surface area (Å²) in [5, 5.41) is 10.9. The number of carbonyl (C=O) groups is 1. The fourth-order valence-corrected chi connectivity index (χ4v) is 4.11. The van der Waals surface area contributed by atoms with Crippen LogP contribution in [0.15, 0.2) is 45.6 Å². The van der Waals surface area contributed by atoms with Gasteiger partial charge in [-0.1, -0.05) is 17.3 Å². The van der Waals surface area contributed by atoms with Crippen molar-refractivity contribution in [1.82, 2.24) is 19.9 Å². The van der Waals surface area contributed by atoms with Crippen molar-refractivity contribution in [3.8, 4) is 11.4 Å². The lowest BCUT2D eigenvalue weighted by Crippen LogP contribution is -2.45. The zero-order chi connectivity index (χ0) is 20.8. The third-order valence-corrected chi connectivity index (χ3v) is 6.02. The zero-order valence-electron chi connectivity index (χ0n) is 17.2. The minimum Gasteiger partial charge on any atom is -0.339 e. The number of rotatable bonds is 8. The van der Waals surface area contributed by atoms with Crippen molar-refractivity contribution in [3.05, 3.63) is 52.5 Å². The first-order valence-corrected chi connectivity index (χ1v) is 11.2. The van der Waals surface area contributed by atoms with E-state index in [1.165, 1.54) is 5.56 Å². The molecule has 30 heavy (non-hydrogen) atoms.